The molecule has 3 aliphatic rings. The maximum atomic E-state index is 13.9. The molecule has 1 unspecified atom stereocenters. The Balaban J connectivity index is 1.57. The fourth-order valence-corrected chi connectivity index (χ4v) is 5.91. The first-order chi connectivity index (χ1) is 16.0. The number of carbonyl (C=O) groups is 2. The van der Waals surface area contributed by atoms with E-state index in [4.69, 9.17) is 4.74 Å². The van der Waals surface area contributed by atoms with Crippen molar-refractivity contribution in [2.75, 3.05) is 19.8 Å². The Bertz CT molecular complexity index is 929. The second-order valence-corrected chi connectivity index (χ2v) is 10.3. The monoisotopic (exact) mass is 482 g/mol. The molecule has 1 aromatic rings. The van der Waals surface area contributed by atoms with Gasteiger partial charge in [0, 0.05) is 38.4 Å². The predicted octanol–water partition coefficient (Wildman–Crippen LogP) is 4.18. The molecule has 3 atom stereocenters. The van der Waals surface area contributed by atoms with Gasteiger partial charge in [-0.25, -0.2) is 0 Å². The molecule has 0 spiro atoms. The average Bonchev–Trinajstić information content (AvgIpc) is 3.22. The van der Waals surface area contributed by atoms with Crippen LogP contribution in [0.3, 0.4) is 0 Å². The van der Waals surface area contributed by atoms with Crippen molar-refractivity contribution < 1.29 is 32.6 Å². The lowest BCUT2D eigenvalue weighted by Crippen LogP contribution is -2.50. The summed E-state index contributed by atoms with van der Waals surface area (Å²) in [6, 6.07) is 3.71. The molecular formula is C25H33F3N2O4. The van der Waals surface area contributed by atoms with E-state index in [-0.39, 0.29) is 36.5 Å². The second-order valence-electron chi connectivity index (χ2n) is 10.3. The van der Waals surface area contributed by atoms with E-state index < -0.39 is 29.0 Å². The highest BCUT2D eigenvalue weighted by Gasteiger charge is 2.50. The third kappa shape index (κ3) is 4.82. The summed E-state index contributed by atoms with van der Waals surface area (Å²) < 4.78 is 45.3. The maximum Gasteiger partial charge on any atom is 0.416 e. The van der Waals surface area contributed by atoms with Gasteiger partial charge < -0.3 is 20.1 Å². The Kier molecular flexibility index (Phi) is 6.97. The number of amides is 1. The Morgan fingerprint density at radius 1 is 1.18 bits per heavy atom. The number of carboxylic acid groups (broad SMARTS) is 1. The first kappa shape index (κ1) is 25.0. The topological polar surface area (TPSA) is 78.9 Å². The molecule has 0 radical (unpaired) electrons. The lowest BCUT2D eigenvalue weighted by atomic mass is 9.73. The molecule has 1 aromatic carbocycles. The SMILES string of the molecule is CC(C)[C@]1(C(=O)N2Cc3cc(C(F)(F)F)ccc3C(C(=O)O)C2)CC[C@@H](NC2CCOCC2)C1. The van der Waals surface area contributed by atoms with Gasteiger partial charge in [-0.05, 0) is 61.3 Å². The van der Waals surface area contributed by atoms with E-state index in [2.05, 4.69) is 5.32 Å². The van der Waals surface area contributed by atoms with Gasteiger partial charge >= 0.3 is 12.1 Å². The number of benzene rings is 1. The normalized spacial score (nSPS) is 28.2. The quantitative estimate of drug-likeness (QED) is 0.659. The zero-order valence-corrected chi connectivity index (χ0v) is 19.7. The van der Waals surface area contributed by atoms with Crippen molar-refractivity contribution in [3.63, 3.8) is 0 Å². The van der Waals surface area contributed by atoms with Crippen molar-refractivity contribution in [3.8, 4) is 0 Å². The summed E-state index contributed by atoms with van der Waals surface area (Å²) in [6.45, 7) is 5.42. The summed E-state index contributed by atoms with van der Waals surface area (Å²) in [5.41, 5.74) is -0.875. The number of alkyl halides is 3. The van der Waals surface area contributed by atoms with Crippen LogP contribution < -0.4 is 5.32 Å². The number of ether oxygens (including phenoxy) is 1. The Morgan fingerprint density at radius 2 is 1.88 bits per heavy atom. The molecule has 2 heterocycles. The summed E-state index contributed by atoms with van der Waals surface area (Å²) in [5.74, 6) is -2.31. The van der Waals surface area contributed by atoms with E-state index in [0.29, 0.717) is 24.4 Å². The van der Waals surface area contributed by atoms with Gasteiger partial charge in [-0.1, -0.05) is 19.9 Å². The molecule has 0 bridgehead atoms. The average molecular weight is 483 g/mol. The van der Waals surface area contributed by atoms with Crippen LogP contribution in [0.2, 0.25) is 0 Å². The predicted molar refractivity (Wildman–Crippen MR) is 119 cm³/mol. The lowest BCUT2D eigenvalue weighted by molar-refractivity contribution is -0.148. The van der Waals surface area contributed by atoms with Gasteiger partial charge in [0.05, 0.1) is 16.9 Å². The largest absolute Gasteiger partial charge is 0.481 e. The van der Waals surface area contributed by atoms with Gasteiger partial charge in [0.2, 0.25) is 5.91 Å². The number of nitrogens with zero attached hydrogens (tertiary/aromatic N) is 1. The highest BCUT2D eigenvalue weighted by atomic mass is 19.4. The van der Waals surface area contributed by atoms with E-state index >= 15 is 0 Å². The van der Waals surface area contributed by atoms with Crippen LogP contribution in [-0.2, 0) is 27.0 Å². The van der Waals surface area contributed by atoms with Crippen molar-refractivity contribution >= 4 is 11.9 Å². The summed E-state index contributed by atoms with van der Waals surface area (Å²) in [4.78, 5) is 27.4. The third-order valence-corrected chi connectivity index (χ3v) is 7.97. The number of carbonyl (C=O) groups excluding carboxylic acids is 1. The van der Waals surface area contributed by atoms with Crippen molar-refractivity contribution in [2.45, 2.75) is 76.7 Å². The van der Waals surface area contributed by atoms with Crippen LogP contribution in [0.4, 0.5) is 13.2 Å². The minimum absolute atomic E-state index is 0.00556. The minimum atomic E-state index is -4.53. The van der Waals surface area contributed by atoms with E-state index in [1.54, 1.807) is 0 Å². The zero-order valence-electron chi connectivity index (χ0n) is 19.7. The number of hydrogen-bond donors (Lipinski definition) is 2. The molecule has 2 N–H and O–H groups in total. The van der Waals surface area contributed by atoms with Crippen molar-refractivity contribution in [1.82, 2.24) is 10.2 Å². The molecule has 9 heteroatoms. The van der Waals surface area contributed by atoms with Crippen LogP contribution >= 0.6 is 0 Å². The number of aliphatic carboxylic acids is 1. The number of rotatable bonds is 5. The highest BCUT2D eigenvalue weighted by molar-refractivity contribution is 5.86. The van der Waals surface area contributed by atoms with Crippen LogP contribution in [0.15, 0.2) is 18.2 Å². The van der Waals surface area contributed by atoms with Gasteiger partial charge in [0.1, 0.15) is 0 Å². The van der Waals surface area contributed by atoms with Gasteiger partial charge in [0.25, 0.3) is 0 Å². The molecule has 4 rings (SSSR count). The van der Waals surface area contributed by atoms with Crippen molar-refractivity contribution in [1.29, 1.82) is 0 Å². The second kappa shape index (κ2) is 9.49. The third-order valence-electron chi connectivity index (χ3n) is 7.97. The van der Waals surface area contributed by atoms with E-state index in [1.807, 2.05) is 13.8 Å². The van der Waals surface area contributed by atoms with Gasteiger partial charge in [-0.15, -0.1) is 0 Å². The zero-order chi connectivity index (χ0) is 24.7. The van der Waals surface area contributed by atoms with Gasteiger partial charge in [-0.3, -0.25) is 9.59 Å². The van der Waals surface area contributed by atoms with Crippen LogP contribution in [0.1, 0.15) is 68.6 Å². The minimum Gasteiger partial charge on any atom is -0.481 e. The molecule has 0 aromatic heterocycles. The molecule has 1 saturated carbocycles. The number of fused-ring (bicyclic) bond motifs is 1. The first-order valence-corrected chi connectivity index (χ1v) is 12.1. The van der Waals surface area contributed by atoms with E-state index in [1.165, 1.54) is 11.0 Å². The summed E-state index contributed by atoms with van der Waals surface area (Å²) in [6.07, 6.45) is -0.508. The van der Waals surface area contributed by atoms with E-state index in [0.717, 1.165) is 44.6 Å². The van der Waals surface area contributed by atoms with Crippen LogP contribution in [0, 0.1) is 11.3 Å². The van der Waals surface area contributed by atoms with Crippen molar-refractivity contribution in [2.24, 2.45) is 11.3 Å². The Labute approximate surface area is 197 Å². The van der Waals surface area contributed by atoms with Crippen molar-refractivity contribution in [3.05, 3.63) is 34.9 Å². The summed E-state index contributed by atoms with van der Waals surface area (Å²) in [5, 5.41) is 13.5. The van der Waals surface area contributed by atoms with Crippen LogP contribution in [0.25, 0.3) is 0 Å². The number of nitrogens with one attached hydrogen (secondary N) is 1. The Hall–Kier alpha value is -2.13. The Morgan fingerprint density at radius 3 is 2.50 bits per heavy atom. The number of halogens is 3. The molecule has 188 valence electrons. The smallest absolute Gasteiger partial charge is 0.416 e. The lowest BCUT2D eigenvalue weighted by Gasteiger charge is -2.41. The molecule has 1 aliphatic carbocycles. The van der Waals surface area contributed by atoms with Crippen LogP contribution in [-0.4, -0.2) is 53.7 Å². The fraction of sp³-hybridized carbons (Fsp3) is 0.680. The van der Waals surface area contributed by atoms with Gasteiger partial charge in [-0.2, -0.15) is 13.2 Å². The molecule has 34 heavy (non-hydrogen) atoms. The van der Waals surface area contributed by atoms with Crippen LogP contribution in [0.5, 0.6) is 0 Å². The fourth-order valence-electron chi connectivity index (χ4n) is 5.91. The summed E-state index contributed by atoms with van der Waals surface area (Å²) in [7, 11) is 0. The molecule has 6 nitrogen and oxygen atoms in total. The number of carboxylic acids is 1. The highest BCUT2D eigenvalue weighted by Crippen LogP contribution is 2.47. The number of hydrogen-bond acceptors (Lipinski definition) is 4. The molecule has 2 fully saturated rings. The summed E-state index contributed by atoms with van der Waals surface area (Å²) >= 11 is 0. The molecule has 1 amide bonds. The molecular weight excluding hydrogens is 449 g/mol. The van der Waals surface area contributed by atoms with E-state index in [9.17, 15) is 27.9 Å². The van der Waals surface area contributed by atoms with Gasteiger partial charge in [0.15, 0.2) is 0 Å². The first-order valence-electron chi connectivity index (χ1n) is 12.1. The standard InChI is InChI=1S/C25H33F3N2O4/c1-15(2)24(8-5-19(12-24)29-18-6-9-34-10-7-18)23(33)30-13-16-11-17(25(26,27)28)3-4-20(16)21(14-30)22(31)32/h3-4,11,15,18-19,21,29H,5-10,12-14H2,1-2H3,(H,31,32)/t19-,21?,24+/m1/s1. The molecule has 2 aliphatic heterocycles. The maximum absolute atomic E-state index is 13.9. The molecule has 1 saturated heterocycles.